The van der Waals surface area contributed by atoms with E-state index in [0.717, 1.165) is 13.0 Å². The Morgan fingerprint density at radius 1 is 1.29 bits per heavy atom. The highest BCUT2D eigenvalue weighted by Gasteiger charge is 2.26. The summed E-state index contributed by atoms with van der Waals surface area (Å²) in [7, 11) is 0. The summed E-state index contributed by atoms with van der Waals surface area (Å²) in [5, 5.41) is 4.44. The van der Waals surface area contributed by atoms with E-state index in [1.807, 2.05) is 40.9 Å². The molecule has 0 spiro atoms. The number of carbonyl (C=O) groups excluding carboxylic acids is 1. The highest BCUT2D eigenvalue weighted by atomic mass is 19.1. The zero-order chi connectivity index (χ0) is 19.5. The average molecular weight is 382 g/mol. The second-order valence-electron chi connectivity index (χ2n) is 6.93. The first kappa shape index (κ1) is 18.4. The van der Waals surface area contributed by atoms with Crippen LogP contribution in [0.15, 0.2) is 55.0 Å². The number of aromatic nitrogens is 3. The number of rotatable bonds is 6. The standard InChI is InChI=1S/C21H23FN4O2/c1-2-24(14-16-9-12-28-15-16)21(27)19-13-23-26(18-7-5-17(22)6-8-18)20(19)25-10-3-4-11-25/h3-8,10-11,13,16H,2,9,12,14-15H2,1H3. The molecule has 1 amide bonds. The Bertz CT molecular complexity index is 928. The molecule has 1 fully saturated rings. The maximum atomic E-state index is 13.3. The Kier molecular flexibility index (Phi) is 5.25. The maximum Gasteiger partial charge on any atom is 0.259 e. The van der Waals surface area contributed by atoms with Crippen LogP contribution in [0.25, 0.3) is 11.5 Å². The molecule has 1 aliphatic rings. The molecule has 3 aromatic rings. The molecule has 1 aromatic carbocycles. The van der Waals surface area contributed by atoms with Gasteiger partial charge in [0, 0.05) is 38.0 Å². The molecule has 1 aliphatic heterocycles. The predicted molar refractivity (Wildman–Crippen MR) is 103 cm³/mol. The van der Waals surface area contributed by atoms with Gasteiger partial charge in [-0.25, -0.2) is 9.07 Å². The minimum Gasteiger partial charge on any atom is -0.381 e. The monoisotopic (exact) mass is 382 g/mol. The van der Waals surface area contributed by atoms with Gasteiger partial charge in [-0.15, -0.1) is 0 Å². The van der Waals surface area contributed by atoms with Crippen LogP contribution < -0.4 is 0 Å². The smallest absolute Gasteiger partial charge is 0.259 e. The van der Waals surface area contributed by atoms with E-state index in [9.17, 15) is 9.18 Å². The number of hydrogen-bond donors (Lipinski definition) is 0. The Labute approximate surface area is 163 Å². The molecular weight excluding hydrogens is 359 g/mol. The zero-order valence-electron chi connectivity index (χ0n) is 15.8. The molecule has 1 unspecified atom stereocenters. The summed E-state index contributed by atoms with van der Waals surface area (Å²) in [6.07, 6.45) is 6.31. The van der Waals surface area contributed by atoms with Crippen molar-refractivity contribution < 1.29 is 13.9 Å². The van der Waals surface area contributed by atoms with Crippen LogP contribution in [0.4, 0.5) is 4.39 Å². The molecule has 2 aromatic heterocycles. The Hall–Kier alpha value is -2.93. The van der Waals surface area contributed by atoms with E-state index in [1.165, 1.54) is 12.1 Å². The molecule has 1 atom stereocenters. The highest BCUT2D eigenvalue weighted by molar-refractivity contribution is 5.97. The molecule has 0 bridgehead atoms. The minimum atomic E-state index is -0.314. The quantitative estimate of drug-likeness (QED) is 0.657. The van der Waals surface area contributed by atoms with E-state index in [4.69, 9.17) is 4.74 Å². The Morgan fingerprint density at radius 3 is 2.68 bits per heavy atom. The van der Waals surface area contributed by atoms with Crippen LogP contribution in [0.5, 0.6) is 0 Å². The van der Waals surface area contributed by atoms with E-state index in [0.29, 0.717) is 42.7 Å². The zero-order valence-corrected chi connectivity index (χ0v) is 15.8. The summed E-state index contributed by atoms with van der Waals surface area (Å²) in [5.41, 5.74) is 1.21. The van der Waals surface area contributed by atoms with E-state index < -0.39 is 0 Å². The third kappa shape index (κ3) is 3.57. The summed E-state index contributed by atoms with van der Waals surface area (Å²) >= 11 is 0. The first-order chi connectivity index (χ1) is 13.7. The molecule has 3 heterocycles. The first-order valence-corrected chi connectivity index (χ1v) is 9.51. The van der Waals surface area contributed by atoms with E-state index in [-0.39, 0.29) is 11.7 Å². The summed E-state index contributed by atoms with van der Waals surface area (Å²) in [6.45, 7) is 4.72. The number of hydrogen-bond acceptors (Lipinski definition) is 3. The van der Waals surface area contributed by atoms with E-state index in [2.05, 4.69) is 5.10 Å². The van der Waals surface area contributed by atoms with Crippen molar-refractivity contribution >= 4 is 5.91 Å². The van der Waals surface area contributed by atoms with Gasteiger partial charge in [0.15, 0.2) is 5.82 Å². The number of amides is 1. The topological polar surface area (TPSA) is 52.3 Å². The summed E-state index contributed by atoms with van der Waals surface area (Å²) in [4.78, 5) is 15.2. The highest BCUT2D eigenvalue weighted by Crippen LogP contribution is 2.23. The molecule has 0 radical (unpaired) electrons. The van der Waals surface area contributed by atoms with Gasteiger partial charge in [-0.2, -0.15) is 5.10 Å². The van der Waals surface area contributed by atoms with Crippen LogP contribution in [0, 0.1) is 11.7 Å². The number of nitrogens with zero attached hydrogens (tertiary/aromatic N) is 4. The van der Waals surface area contributed by atoms with Crippen LogP contribution in [0.3, 0.4) is 0 Å². The lowest BCUT2D eigenvalue weighted by molar-refractivity contribution is 0.0731. The fourth-order valence-corrected chi connectivity index (χ4v) is 3.55. The van der Waals surface area contributed by atoms with Gasteiger partial charge in [-0.1, -0.05) is 0 Å². The van der Waals surface area contributed by atoms with Gasteiger partial charge in [-0.3, -0.25) is 4.79 Å². The SMILES string of the molecule is CCN(CC1CCOC1)C(=O)c1cnn(-c2ccc(F)cc2)c1-n1cccc1. The molecule has 0 saturated carbocycles. The molecular formula is C21H23FN4O2. The minimum absolute atomic E-state index is 0.0635. The largest absolute Gasteiger partial charge is 0.381 e. The van der Waals surface area contributed by atoms with Crippen molar-refractivity contribution in [2.24, 2.45) is 5.92 Å². The number of carbonyl (C=O) groups is 1. The van der Waals surface area contributed by atoms with Gasteiger partial charge in [0.1, 0.15) is 11.4 Å². The molecule has 146 valence electrons. The second-order valence-corrected chi connectivity index (χ2v) is 6.93. The van der Waals surface area contributed by atoms with Crippen molar-refractivity contribution in [3.8, 4) is 11.5 Å². The van der Waals surface area contributed by atoms with Crippen LogP contribution in [0.1, 0.15) is 23.7 Å². The van der Waals surface area contributed by atoms with Crippen molar-refractivity contribution in [3.05, 3.63) is 66.4 Å². The van der Waals surface area contributed by atoms with Crippen molar-refractivity contribution in [3.63, 3.8) is 0 Å². The first-order valence-electron chi connectivity index (χ1n) is 9.51. The molecule has 28 heavy (non-hydrogen) atoms. The van der Waals surface area contributed by atoms with Crippen LogP contribution in [-0.2, 0) is 4.74 Å². The molecule has 1 saturated heterocycles. The molecule has 0 aliphatic carbocycles. The van der Waals surface area contributed by atoms with E-state index >= 15 is 0 Å². The average Bonchev–Trinajstić information content (AvgIpc) is 3.47. The third-order valence-corrected chi connectivity index (χ3v) is 5.07. The van der Waals surface area contributed by atoms with Crippen LogP contribution in [-0.4, -0.2) is 51.5 Å². The van der Waals surface area contributed by atoms with Crippen molar-refractivity contribution in [2.75, 3.05) is 26.3 Å². The number of benzene rings is 1. The van der Waals surface area contributed by atoms with Crippen molar-refractivity contribution in [1.82, 2.24) is 19.2 Å². The van der Waals surface area contributed by atoms with Crippen molar-refractivity contribution in [2.45, 2.75) is 13.3 Å². The molecule has 0 N–H and O–H groups in total. The van der Waals surface area contributed by atoms with Gasteiger partial charge in [0.25, 0.3) is 5.91 Å². The van der Waals surface area contributed by atoms with Crippen molar-refractivity contribution in [1.29, 1.82) is 0 Å². The maximum absolute atomic E-state index is 13.3. The van der Waals surface area contributed by atoms with E-state index in [1.54, 1.807) is 23.0 Å². The molecule has 7 heteroatoms. The fourth-order valence-electron chi connectivity index (χ4n) is 3.55. The normalized spacial score (nSPS) is 16.4. The number of halogens is 1. The second kappa shape index (κ2) is 7.98. The Morgan fingerprint density at radius 2 is 2.04 bits per heavy atom. The van der Waals surface area contributed by atoms with Gasteiger partial charge in [0.05, 0.1) is 18.5 Å². The van der Waals surface area contributed by atoms with Gasteiger partial charge >= 0.3 is 0 Å². The van der Waals surface area contributed by atoms with Gasteiger partial charge < -0.3 is 14.2 Å². The van der Waals surface area contributed by atoms with Crippen LogP contribution in [0.2, 0.25) is 0 Å². The predicted octanol–water partition coefficient (Wildman–Crippen LogP) is 3.30. The van der Waals surface area contributed by atoms with Gasteiger partial charge in [0.2, 0.25) is 0 Å². The molecule has 4 rings (SSSR count). The number of ether oxygens (including phenoxy) is 1. The van der Waals surface area contributed by atoms with Gasteiger partial charge in [-0.05, 0) is 49.7 Å². The fraction of sp³-hybridized carbons (Fsp3) is 0.333. The van der Waals surface area contributed by atoms with Crippen LogP contribution >= 0.6 is 0 Å². The summed E-state index contributed by atoms with van der Waals surface area (Å²) in [5.74, 6) is 0.630. The third-order valence-electron chi connectivity index (χ3n) is 5.07. The summed E-state index contributed by atoms with van der Waals surface area (Å²) < 4.78 is 22.3. The lowest BCUT2D eigenvalue weighted by atomic mass is 10.1. The lowest BCUT2D eigenvalue weighted by Crippen LogP contribution is -2.36. The lowest BCUT2D eigenvalue weighted by Gasteiger charge is -2.24. The molecule has 6 nitrogen and oxygen atoms in total. The Balaban J connectivity index is 1.72. The summed E-state index contributed by atoms with van der Waals surface area (Å²) in [6, 6.07) is 9.86.